The van der Waals surface area contributed by atoms with Crippen molar-refractivity contribution in [2.45, 2.75) is 32.8 Å². The number of aromatic nitrogens is 2. The van der Waals surface area contributed by atoms with Crippen LogP contribution in [0.25, 0.3) is 16.9 Å². The van der Waals surface area contributed by atoms with Gasteiger partial charge in [-0.3, -0.25) is 0 Å². The van der Waals surface area contributed by atoms with Crippen molar-refractivity contribution < 1.29 is 4.74 Å². The monoisotopic (exact) mass is 416 g/mol. The molecule has 1 aromatic heterocycles. The molecule has 1 heterocycles. The second-order valence-corrected chi connectivity index (χ2v) is 8.80. The number of hydrogen-bond donors (Lipinski definition) is 0. The highest BCUT2D eigenvalue weighted by atomic mass is 35.5. The Balaban J connectivity index is 1.58. The molecule has 0 bridgehead atoms. The van der Waals surface area contributed by atoms with E-state index in [2.05, 4.69) is 51.2 Å². The van der Waals surface area contributed by atoms with Crippen LogP contribution in [0.5, 0.6) is 5.75 Å². The number of nitrogens with zero attached hydrogens (tertiary/aromatic N) is 2. The maximum Gasteiger partial charge on any atom is 0.119 e. The van der Waals surface area contributed by atoms with Crippen LogP contribution >= 0.6 is 11.6 Å². The maximum absolute atomic E-state index is 5.94. The lowest BCUT2D eigenvalue weighted by atomic mass is 9.86. The standard InChI is InChI=1S/C26H25ClN2O/c1-26(2,3)24-17-29(22-7-5-4-6-8-22)28-25(24)20-11-15-23(16-12-20)30-18-19-9-13-21(27)14-10-19/h4-17H,18H2,1-3H3. The van der Waals surface area contributed by atoms with Crippen molar-refractivity contribution in [2.75, 3.05) is 0 Å². The van der Waals surface area contributed by atoms with Crippen LogP contribution in [0.2, 0.25) is 5.02 Å². The molecule has 3 nitrogen and oxygen atoms in total. The van der Waals surface area contributed by atoms with Gasteiger partial charge in [-0.15, -0.1) is 0 Å². The lowest BCUT2D eigenvalue weighted by Gasteiger charge is -2.18. The van der Waals surface area contributed by atoms with Gasteiger partial charge in [0.05, 0.1) is 11.4 Å². The van der Waals surface area contributed by atoms with Gasteiger partial charge in [0.2, 0.25) is 0 Å². The number of ether oxygens (including phenoxy) is 1. The molecule has 0 fully saturated rings. The van der Waals surface area contributed by atoms with Crippen LogP contribution in [0.1, 0.15) is 31.9 Å². The zero-order valence-corrected chi connectivity index (χ0v) is 18.2. The fourth-order valence-electron chi connectivity index (χ4n) is 3.31. The molecule has 0 unspecified atom stereocenters. The number of para-hydroxylation sites is 1. The molecule has 0 saturated heterocycles. The van der Waals surface area contributed by atoms with Crippen molar-refractivity contribution in [1.29, 1.82) is 0 Å². The zero-order valence-electron chi connectivity index (χ0n) is 17.5. The molecule has 0 aliphatic carbocycles. The van der Waals surface area contributed by atoms with Crippen molar-refractivity contribution >= 4 is 11.6 Å². The summed E-state index contributed by atoms with van der Waals surface area (Å²) in [6.45, 7) is 7.15. The van der Waals surface area contributed by atoms with Gasteiger partial charge < -0.3 is 4.74 Å². The van der Waals surface area contributed by atoms with Crippen LogP contribution in [-0.4, -0.2) is 9.78 Å². The highest BCUT2D eigenvalue weighted by Gasteiger charge is 2.23. The molecule has 0 saturated carbocycles. The number of halogens is 1. The Kier molecular flexibility index (Phi) is 5.65. The van der Waals surface area contributed by atoms with Gasteiger partial charge in [0.15, 0.2) is 0 Å². The minimum atomic E-state index is -0.0217. The summed E-state index contributed by atoms with van der Waals surface area (Å²) in [4.78, 5) is 0. The van der Waals surface area contributed by atoms with Crippen LogP contribution < -0.4 is 4.74 Å². The lowest BCUT2D eigenvalue weighted by molar-refractivity contribution is 0.306. The van der Waals surface area contributed by atoms with E-state index >= 15 is 0 Å². The van der Waals surface area contributed by atoms with Crippen molar-refractivity contribution in [3.8, 4) is 22.7 Å². The van der Waals surface area contributed by atoms with Gasteiger partial charge in [-0.05, 0) is 59.5 Å². The summed E-state index contributed by atoms with van der Waals surface area (Å²) < 4.78 is 7.89. The minimum Gasteiger partial charge on any atom is -0.489 e. The molecule has 3 aromatic carbocycles. The first-order chi connectivity index (χ1) is 14.4. The Morgan fingerprint density at radius 1 is 0.867 bits per heavy atom. The van der Waals surface area contributed by atoms with Crippen LogP contribution in [-0.2, 0) is 12.0 Å². The van der Waals surface area contributed by atoms with Crippen molar-refractivity contribution in [1.82, 2.24) is 9.78 Å². The summed E-state index contributed by atoms with van der Waals surface area (Å²) in [6, 6.07) is 26.0. The summed E-state index contributed by atoms with van der Waals surface area (Å²) >= 11 is 5.94. The molecule has 0 amide bonds. The normalized spacial score (nSPS) is 11.5. The topological polar surface area (TPSA) is 27.1 Å². The van der Waals surface area contributed by atoms with Gasteiger partial charge in [0.25, 0.3) is 0 Å². The molecular weight excluding hydrogens is 392 g/mol. The van der Waals surface area contributed by atoms with Crippen LogP contribution in [0, 0.1) is 0 Å². The van der Waals surface area contributed by atoms with E-state index in [4.69, 9.17) is 21.4 Å². The zero-order chi connectivity index (χ0) is 21.1. The van der Waals surface area contributed by atoms with Crippen LogP contribution in [0.3, 0.4) is 0 Å². The molecular formula is C26H25ClN2O. The highest BCUT2D eigenvalue weighted by Crippen LogP contribution is 2.33. The molecule has 4 heteroatoms. The largest absolute Gasteiger partial charge is 0.489 e. The van der Waals surface area contributed by atoms with E-state index in [1.165, 1.54) is 5.56 Å². The van der Waals surface area contributed by atoms with Gasteiger partial charge in [0.1, 0.15) is 12.4 Å². The fraction of sp³-hybridized carbons (Fsp3) is 0.192. The van der Waals surface area contributed by atoms with Gasteiger partial charge in [0, 0.05) is 22.3 Å². The average molecular weight is 417 g/mol. The maximum atomic E-state index is 5.94. The summed E-state index contributed by atoms with van der Waals surface area (Å²) in [5.74, 6) is 0.827. The molecule has 0 aliphatic heterocycles. The summed E-state index contributed by atoms with van der Waals surface area (Å²) in [6.07, 6.45) is 2.13. The summed E-state index contributed by atoms with van der Waals surface area (Å²) in [7, 11) is 0. The van der Waals surface area contributed by atoms with E-state index in [0.29, 0.717) is 6.61 Å². The third-order valence-electron chi connectivity index (χ3n) is 4.99. The van der Waals surface area contributed by atoms with E-state index in [9.17, 15) is 0 Å². The van der Waals surface area contributed by atoms with Crippen molar-refractivity contribution in [2.24, 2.45) is 0 Å². The van der Waals surface area contributed by atoms with Gasteiger partial charge in [-0.1, -0.05) is 62.7 Å². The first kappa shape index (κ1) is 20.2. The van der Waals surface area contributed by atoms with Gasteiger partial charge in [-0.25, -0.2) is 4.68 Å². The van der Waals surface area contributed by atoms with Crippen molar-refractivity contribution in [3.63, 3.8) is 0 Å². The molecule has 30 heavy (non-hydrogen) atoms. The lowest BCUT2D eigenvalue weighted by Crippen LogP contribution is -2.11. The molecule has 0 spiro atoms. The third kappa shape index (κ3) is 4.58. The highest BCUT2D eigenvalue weighted by molar-refractivity contribution is 6.30. The number of benzene rings is 3. The Bertz CT molecular complexity index is 1110. The molecule has 0 atom stereocenters. The summed E-state index contributed by atoms with van der Waals surface area (Å²) in [5, 5.41) is 5.64. The van der Waals surface area contributed by atoms with E-state index in [1.54, 1.807) is 0 Å². The SMILES string of the molecule is CC(C)(C)c1cn(-c2ccccc2)nc1-c1ccc(OCc2ccc(Cl)cc2)cc1. The molecule has 0 radical (unpaired) electrons. The minimum absolute atomic E-state index is 0.0217. The Labute approximate surface area is 182 Å². The average Bonchev–Trinajstić information content (AvgIpc) is 3.21. The van der Waals surface area contributed by atoms with Crippen molar-refractivity contribution in [3.05, 3.63) is 101 Å². The molecule has 0 N–H and O–H groups in total. The summed E-state index contributed by atoms with van der Waals surface area (Å²) in [5.41, 5.74) is 5.40. The van der Waals surface area contributed by atoms with Gasteiger partial charge in [-0.2, -0.15) is 5.10 Å². The molecule has 0 aliphatic rings. The molecule has 4 rings (SSSR count). The van der Waals surface area contributed by atoms with E-state index in [-0.39, 0.29) is 5.41 Å². The quantitative estimate of drug-likeness (QED) is 0.348. The predicted molar refractivity (Wildman–Crippen MR) is 123 cm³/mol. The fourth-order valence-corrected chi connectivity index (χ4v) is 3.43. The predicted octanol–water partition coefficient (Wildman–Crippen LogP) is 7.07. The smallest absolute Gasteiger partial charge is 0.119 e. The third-order valence-corrected chi connectivity index (χ3v) is 5.24. The Morgan fingerprint density at radius 2 is 1.53 bits per heavy atom. The number of rotatable bonds is 5. The Hall–Kier alpha value is -3.04. The van der Waals surface area contributed by atoms with Crippen LogP contribution in [0.4, 0.5) is 0 Å². The molecule has 152 valence electrons. The van der Waals surface area contributed by atoms with E-state index < -0.39 is 0 Å². The van der Waals surface area contributed by atoms with Gasteiger partial charge >= 0.3 is 0 Å². The second-order valence-electron chi connectivity index (χ2n) is 8.36. The molecule has 4 aromatic rings. The van der Waals surface area contributed by atoms with E-state index in [1.807, 2.05) is 59.3 Å². The van der Waals surface area contributed by atoms with Crippen LogP contribution in [0.15, 0.2) is 85.1 Å². The Morgan fingerprint density at radius 3 is 2.17 bits per heavy atom. The number of hydrogen-bond acceptors (Lipinski definition) is 2. The second kappa shape index (κ2) is 8.37. The first-order valence-corrected chi connectivity index (χ1v) is 10.4. The van der Waals surface area contributed by atoms with E-state index in [0.717, 1.165) is 33.3 Å². The first-order valence-electron chi connectivity index (χ1n) is 10.0.